The van der Waals surface area contributed by atoms with Gasteiger partial charge in [-0.2, -0.15) is 0 Å². The van der Waals surface area contributed by atoms with E-state index >= 15 is 0 Å². The standard InChI is InChI=1S/C10H22N2O2S/c1-3-10(5-6-10)9-12-15(13,14)8-7-11-4-2/h11-12H,3-9H2,1-2H3. The number of rotatable bonds is 8. The van der Waals surface area contributed by atoms with E-state index in [-0.39, 0.29) is 11.2 Å². The summed E-state index contributed by atoms with van der Waals surface area (Å²) in [5.41, 5.74) is 0.283. The van der Waals surface area contributed by atoms with Gasteiger partial charge in [0.15, 0.2) is 0 Å². The molecule has 0 radical (unpaired) electrons. The largest absolute Gasteiger partial charge is 0.316 e. The quantitative estimate of drug-likeness (QED) is 0.608. The molecule has 1 rings (SSSR count). The van der Waals surface area contributed by atoms with E-state index in [4.69, 9.17) is 0 Å². The Morgan fingerprint density at radius 1 is 1.27 bits per heavy atom. The van der Waals surface area contributed by atoms with Gasteiger partial charge in [-0.25, -0.2) is 13.1 Å². The lowest BCUT2D eigenvalue weighted by Gasteiger charge is -2.13. The summed E-state index contributed by atoms with van der Waals surface area (Å²) in [4.78, 5) is 0. The third-order valence-electron chi connectivity index (χ3n) is 3.17. The molecule has 1 aliphatic carbocycles. The second-order valence-electron chi connectivity index (χ2n) is 4.35. The molecule has 0 bridgehead atoms. The van der Waals surface area contributed by atoms with Gasteiger partial charge >= 0.3 is 0 Å². The maximum Gasteiger partial charge on any atom is 0.212 e. The number of nitrogens with one attached hydrogen (secondary N) is 2. The third-order valence-corrected chi connectivity index (χ3v) is 4.50. The van der Waals surface area contributed by atoms with Gasteiger partial charge in [0.05, 0.1) is 5.75 Å². The molecule has 0 atom stereocenters. The van der Waals surface area contributed by atoms with Crippen molar-refractivity contribution >= 4 is 10.0 Å². The molecule has 5 heteroatoms. The van der Waals surface area contributed by atoms with E-state index in [1.807, 2.05) is 6.92 Å². The van der Waals surface area contributed by atoms with E-state index in [0.29, 0.717) is 13.1 Å². The molecule has 0 spiro atoms. The van der Waals surface area contributed by atoms with Gasteiger partial charge in [-0.15, -0.1) is 0 Å². The van der Waals surface area contributed by atoms with Crippen molar-refractivity contribution in [1.82, 2.24) is 10.0 Å². The second kappa shape index (κ2) is 5.27. The van der Waals surface area contributed by atoms with Gasteiger partial charge in [-0.1, -0.05) is 13.8 Å². The van der Waals surface area contributed by atoms with E-state index in [2.05, 4.69) is 17.0 Å². The van der Waals surface area contributed by atoms with Crippen molar-refractivity contribution in [2.45, 2.75) is 33.1 Å². The molecule has 0 heterocycles. The molecule has 0 aliphatic heterocycles. The Balaban J connectivity index is 2.24. The van der Waals surface area contributed by atoms with Crippen molar-refractivity contribution in [2.24, 2.45) is 5.41 Å². The highest BCUT2D eigenvalue weighted by atomic mass is 32.2. The van der Waals surface area contributed by atoms with Crippen LogP contribution in [0.15, 0.2) is 0 Å². The highest BCUT2D eigenvalue weighted by Crippen LogP contribution is 2.47. The SMILES string of the molecule is CCNCCS(=O)(=O)NCC1(CC)CC1. The molecular weight excluding hydrogens is 212 g/mol. The number of sulfonamides is 1. The molecule has 90 valence electrons. The topological polar surface area (TPSA) is 58.2 Å². The van der Waals surface area contributed by atoms with Crippen LogP contribution in [0.25, 0.3) is 0 Å². The smallest absolute Gasteiger partial charge is 0.212 e. The Kier molecular flexibility index (Phi) is 4.55. The molecule has 0 saturated heterocycles. The monoisotopic (exact) mass is 234 g/mol. The van der Waals surface area contributed by atoms with Gasteiger partial charge in [-0.05, 0) is 31.2 Å². The maximum absolute atomic E-state index is 11.5. The first-order chi connectivity index (χ1) is 7.04. The summed E-state index contributed by atoms with van der Waals surface area (Å²) in [6.45, 7) is 6.06. The summed E-state index contributed by atoms with van der Waals surface area (Å²) in [5.74, 6) is 0.181. The Morgan fingerprint density at radius 3 is 2.40 bits per heavy atom. The van der Waals surface area contributed by atoms with E-state index in [0.717, 1.165) is 13.0 Å². The molecule has 0 unspecified atom stereocenters. The molecule has 1 fully saturated rings. The Morgan fingerprint density at radius 2 is 1.93 bits per heavy atom. The van der Waals surface area contributed by atoms with Crippen LogP contribution in [0, 0.1) is 5.41 Å². The predicted octanol–water partition coefficient (Wildman–Crippen LogP) is 0.706. The molecule has 0 amide bonds. The third kappa shape index (κ3) is 4.49. The first-order valence-electron chi connectivity index (χ1n) is 5.72. The Hall–Kier alpha value is -0.130. The fraction of sp³-hybridized carbons (Fsp3) is 1.00. The molecule has 2 N–H and O–H groups in total. The zero-order valence-electron chi connectivity index (χ0n) is 9.67. The molecule has 4 nitrogen and oxygen atoms in total. The predicted molar refractivity (Wildman–Crippen MR) is 62.3 cm³/mol. The average Bonchev–Trinajstić information content (AvgIpc) is 2.96. The minimum atomic E-state index is -3.07. The van der Waals surface area contributed by atoms with Gasteiger partial charge in [0.25, 0.3) is 0 Å². The van der Waals surface area contributed by atoms with Crippen molar-refractivity contribution in [3.05, 3.63) is 0 Å². The maximum atomic E-state index is 11.5. The van der Waals surface area contributed by atoms with Crippen molar-refractivity contribution < 1.29 is 8.42 Å². The van der Waals surface area contributed by atoms with Crippen LogP contribution >= 0.6 is 0 Å². The Bertz CT molecular complexity index is 284. The first-order valence-corrected chi connectivity index (χ1v) is 7.37. The normalized spacial score (nSPS) is 19.1. The fourth-order valence-corrected chi connectivity index (χ4v) is 2.63. The highest BCUT2D eigenvalue weighted by Gasteiger charge is 2.40. The second-order valence-corrected chi connectivity index (χ2v) is 6.27. The van der Waals surface area contributed by atoms with Crippen LogP contribution in [-0.2, 0) is 10.0 Å². The summed E-state index contributed by atoms with van der Waals surface area (Å²) in [5, 5.41) is 3.01. The summed E-state index contributed by atoms with van der Waals surface area (Å²) in [6, 6.07) is 0. The van der Waals surface area contributed by atoms with Crippen molar-refractivity contribution in [2.75, 3.05) is 25.4 Å². The van der Waals surface area contributed by atoms with Crippen LogP contribution in [0.2, 0.25) is 0 Å². The molecule has 15 heavy (non-hydrogen) atoms. The van der Waals surface area contributed by atoms with Crippen LogP contribution in [0.3, 0.4) is 0 Å². The molecule has 1 aliphatic rings. The summed E-state index contributed by atoms with van der Waals surface area (Å²) < 4.78 is 25.8. The average molecular weight is 234 g/mol. The fourth-order valence-electron chi connectivity index (χ4n) is 1.55. The minimum Gasteiger partial charge on any atom is -0.316 e. The molecule has 0 aromatic heterocycles. The lowest BCUT2D eigenvalue weighted by Crippen LogP contribution is -2.35. The van der Waals surface area contributed by atoms with Gasteiger partial charge in [-0.3, -0.25) is 0 Å². The van der Waals surface area contributed by atoms with Crippen LogP contribution in [-0.4, -0.2) is 33.8 Å². The minimum absolute atomic E-state index is 0.181. The summed E-state index contributed by atoms with van der Waals surface area (Å²) in [7, 11) is -3.07. The molecule has 1 saturated carbocycles. The number of hydrogen-bond donors (Lipinski definition) is 2. The lowest BCUT2D eigenvalue weighted by atomic mass is 10.1. The van der Waals surface area contributed by atoms with Gasteiger partial charge < -0.3 is 5.32 Å². The van der Waals surface area contributed by atoms with Gasteiger partial charge in [0, 0.05) is 13.1 Å². The van der Waals surface area contributed by atoms with Crippen LogP contribution in [0.4, 0.5) is 0 Å². The lowest BCUT2D eigenvalue weighted by molar-refractivity contribution is 0.475. The van der Waals surface area contributed by atoms with E-state index in [9.17, 15) is 8.42 Å². The van der Waals surface area contributed by atoms with Crippen LogP contribution in [0.1, 0.15) is 33.1 Å². The van der Waals surface area contributed by atoms with Crippen molar-refractivity contribution in [1.29, 1.82) is 0 Å². The Labute approximate surface area is 92.9 Å². The molecular formula is C10H22N2O2S. The van der Waals surface area contributed by atoms with Crippen molar-refractivity contribution in [3.8, 4) is 0 Å². The number of hydrogen-bond acceptors (Lipinski definition) is 3. The first kappa shape index (κ1) is 12.9. The van der Waals surface area contributed by atoms with Crippen molar-refractivity contribution in [3.63, 3.8) is 0 Å². The summed E-state index contributed by atoms with van der Waals surface area (Å²) >= 11 is 0. The zero-order chi connectivity index (χ0) is 11.4. The highest BCUT2D eigenvalue weighted by molar-refractivity contribution is 7.89. The van der Waals surface area contributed by atoms with Gasteiger partial charge in [0.1, 0.15) is 0 Å². The van der Waals surface area contributed by atoms with Crippen LogP contribution < -0.4 is 10.0 Å². The summed E-state index contributed by atoms with van der Waals surface area (Å²) in [6.07, 6.45) is 3.40. The zero-order valence-corrected chi connectivity index (χ0v) is 10.5. The van der Waals surface area contributed by atoms with Crippen LogP contribution in [0.5, 0.6) is 0 Å². The van der Waals surface area contributed by atoms with E-state index in [1.165, 1.54) is 12.8 Å². The molecule has 0 aromatic carbocycles. The molecule has 0 aromatic rings. The van der Waals surface area contributed by atoms with E-state index < -0.39 is 10.0 Å². The van der Waals surface area contributed by atoms with E-state index in [1.54, 1.807) is 0 Å². The van der Waals surface area contributed by atoms with Gasteiger partial charge in [0.2, 0.25) is 10.0 Å².